The van der Waals surface area contributed by atoms with Gasteiger partial charge < -0.3 is 5.10 Å². The molecule has 0 aliphatic carbocycles. The summed E-state index contributed by atoms with van der Waals surface area (Å²) in [6.07, 6.45) is 0.802. The van der Waals surface area contributed by atoms with Crippen molar-refractivity contribution in [2.45, 2.75) is 6.42 Å². The van der Waals surface area contributed by atoms with Crippen LogP contribution in [0, 0.1) is 0 Å². The molecule has 0 radical (unpaired) electrons. The van der Waals surface area contributed by atoms with E-state index in [1.807, 2.05) is 11.4 Å². The first-order valence-electron chi connectivity index (χ1n) is 3.63. The molecule has 0 bridgehead atoms. The van der Waals surface area contributed by atoms with E-state index in [-0.39, 0.29) is 5.56 Å². The second-order valence-electron chi connectivity index (χ2n) is 2.54. The maximum absolute atomic E-state index is 10.7. The van der Waals surface area contributed by atoms with Crippen molar-refractivity contribution in [2.75, 3.05) is 0 Å². The lowest BCUT2D eigenvalue weighted by molar-refractivity contribution is 0.990. The third kappa shape index (κ3) is 1.48. The van der Waals surface area contributed by atoms with Crippen LogP contribution < -0.4 is 5.56 Å². The van der Waals surface area contributed by atoms with Crippen molar-refractivity contribution in [3.63, 3.8) is 0 Å². The van der Waals surface area contributed by atoms with Gasteiger partial charge in [-0.05, 0) is 11.4 Å². The Morgan fingerprint density at radius 1 is 1.42 bits per heavy atom. The Kier molecular flexibility index (Phi) is 1.83. The minimum Gasteiger partial charge on any atom is -0.302 e. The smallest absolute Gasteiger partial charge is 0.264 e. The minimum atomic E-state index is -0.0680. The van der Waals surface area contributed by atoms with Crippen molar-refractivity contribution < 1.29 is 0 Å². The Morgan fingerprint density at radius 3 is 2.92 bits per heavy atom. The van der Waals surface area contributed by atoms with Gasteiger partial charge in [-0.2, -0.15) is 0 Å². The fraction of sp³-hybridized carbons (Fsp3) is 0.125. The Labute approximate surface area is 73.1 Å². The molecule has 0 unspecified atom stereocenters. The Bertz CT molecular complexity index is 399. The largest absolute Gasteiger partial charge is 0.302 e. The summed E-state index contributed by atoms with van der Waals surface area (Å²) in [5, 5.41) is 7.35. The van der Waals surface area contributed by atoms with Gasteiger partial charge in [-0.25, -0.2) is 0 Å². The summed E-state index contributed by atoms with van der Waals surface area (Å²) >= 11 is 1.69. The Hall–Kier alpha value is -1.29. The van der Waals surface area contributed by atoms with Gasteiger partial charge in [0.05, 0.1) is 0 Å². The van der Waals surface area contributed by atoms with Crippen molar-refractivity contribution in [1.82, 2.24) is 10.2 Å². The number of rotatable bonds is 2. The van der Waals surface area contributed by atoms with Gasteiger partial charge >= 0.3 is 0 Å². The van der Waals surface area contributed by atoms with Gasteiger partial charge in [0.15, 0.2) is 0 Å². The van der Waals surface area contributed by atoms with Crippen LogP contribution in [0.2, 0.25) is 0 Å². The van der Waals surface area contributed by atoms with Crippen molar-refractivity contribution in [1.29, 1.82) is 0 Å². The highest BCUT2D eigenvalue weighted by atomic mass is 32.1. The van der Waals surface area contributed by atoms with Gasteiger partial charge in [0.25, 0.3) is 5.56 Å². The minimum absolute atomic E-state index is 0.0680. The fourth-order valence-corrected chi connectivity index (χ4v) is 1.80. The highest BCUT2D eigenvalue weighted by molar-refractivity contribution is 7.09. The zero-order chi connectivity index (χ0) is 8.39. The molecule has 4 heteroatoms. The predicted octanol–water partition coefficient (Wildman–Crippen LogP) is 1.36. The molecule has 3 nitrogen and oxygen atoms in total. The van der Waals surface area contributed by atoms with E-state index < -0.39 is 0 Å². The molecule has 12 heavy (non-hydrogen) atoms. The molecular weight excluding hydrogens is 172 g/mol. The van der Waals surface area contributed by atoms with E-state index >= 15 is 0 Å². The molecule has 62 valence electrons. The number of nitrogens with one attached hydrogen (secondary N) is 2. The molecule has 2 aromatic heterocycles. The topological polar surface area (TPSA) is 48.6 Å². The van der Waals surface area contributed by atoms with Crippen LogP contribution in [0.5, 0.6) is 0 Å². The third-order valence-corrected chi connectivity index (χ3v) is 2.47. The van der Waals surface area contributed by atoms with Gasteiger partial charge in [0.1, 0.15) is 0 Å². The summed E-state index contributed by atoms with van der Waals surface area (Å²) in [7, 11) is 0. The lowest BCUT2D eigenvalue weighted by Gasteiger charge is -1.90. The third-order valence-electron chi connectivity index (χ3n) is 1.60. The molecule has 2 N–H and O–H groups in total. The summed E-state index contributed by atoms with van der Waals surface area (Å²) in [6.45, 7) is 0. The molecule has 0 aliphatic rings. The molecule has 0 saturated heterocycles. The van der Waals surface area contributed by atoms with E-state index in [2.05, 4.69) is 16.3 Å². The van der Waals surface area contributed by atoms with E-state index in [1.54, 1.807) is 17.4 Å². The van der Waals surface area contributed by atoms with Crippen LogP contribution in [0.25, 0.3) is 0 Å². The monoisotopic (exact) mass is 180 g/mol. The SMILES string of the molecule is O=c1cc(Cc2cccs2)[nH][nH]1. The Balaban J connectivity index is 2.19. The molecule has 0 saturated carbocycles. The highest BCUT2D eigenvalue weighted by Crippen LogP contribution is 2.11. The first kappa shape index (κ1) is 7.36. The second-order valence-corrected chi connectivity index (χ2v) is 3.57. The molecule has 0 fully saturated rings. The predicted molar refractivity (Wildman–Crippen MR) is 48.5 cm³/mol. The van der Waals surface area contributed by atoms with Crippen LogP contribution in [0.3, 0.4) is 0 Å². The highest BCUT2D eigenvalue weighted by Gasteiger charge is 1.98. The average Bonchev–Trinajstić information content (AvgIpc) is 2.63. The molecule has 0 aliphatic heterocycles. The maximum Gasteiger partial charge on any atom is 0.264 e. The van der Waals surface area contributed by atoms with Crippen LogP contribution in [-0.2, 0) is 6.42 Å². The van der Waals surface area contributed by atoms with Crippen LogP contribution in [0.1, 0.15) is 10.6 Å². The Morgan fingerprint density at radius 2 is 2.33 bits per heavy atom. The molecular formula is C8H8N2OS. The van der Waals surface area contributed by atoms with Gasteiger partial charge in [0, 0.05) is 23.1 Å². The number of aromatic amines is 2. The van der Waals surface area contributed by atoms with E-state index in [0.717, 1.165) is 12.1 Å². The van der Waals surface area contributed by atoms with E-state index in [4.69, 9.17) is 0 Å². The molecule has 2 rings (SSSR count). The fourth-order valence-electron chi connectivity index (χ4n) is 1.07. The number of H-pyrrole nitrogens is 2. The number of aromatic nitrogens is 2. The van der Waals surface area contributed by atoms with Crippen molar-refractivity contribution >= 4 is 11.3 Å². The van der Waals surface area contributed by atoms with Crippen LogP contribution in [0.4, 0.5) is 0 Å². The van der Waals surface area contributed by atoms with E-state index in [9.17, 15) is 4.79 Å². The van der Waals surface area contributed by atoms with Crippen molar-refractivity contribution in [3.05, 3.63) is 44.5 Å². The summed E-state index contributed by atoms with van der Waals surface area (Å²) in [6, 6.07) is 5.64. The zero-order valence-corrected chi connectivity index (χ0v) is 7.15. The van der Waals surface area contributed by atoms with Gasteiger partial charge in [-0.1, -0.05) is 6.07 Å². The van der Waals surface area contributed by atoms with Crippen molar-refractivity contribution in [3.8, 4) is 0 Å². The first-order chi connectivity index (χ1) is 5.84. The molecule has 0 aromatic carbocycles. The first-order valence-corrected chi connectivity index (χ1v) is 4.51. The van der Waals surface area contributed by atoms with E-state index in [0.29, 0.717) is 0 Å². The zero-order valence-electron chi connectivity index (χ0n) is 6.33. The van der Waals surface area contributed by atoms with Gasteiger partial charge in [-0.15, -0.1) is 11.3 Å². The van der Waals surface area contributed by atoms with Crippen LogP contribution in [0.15, 0.2) is 28.4 Å². The standard InChI is InChI=1S/C8H8N2OS/c11-8-5-6(9-10-8)4-7-2-1-3-12-7/h1-3,5H,4H2,(H2,9,10,11). The summed E-state index contributed by atoms with van der Waals surface area (Å²) in [5.41, 5.74) is 0.865. The number of hydrogen-bond acceptors (Lipinski definition) is 2. The molecule has 0 atom stereocenters. The quantitative estimate of drug-likeness (QED) is 0.720. The van der Waals surface area contributed by atoms with Crippen LogP contribution in [-0.4, -0.2) is 10.2 Å². The average molecular weight is 180 g/mol. The molecule has 2 aromatic rings. The lowest BCUT2D eigenvalue weighted by Crippen LogP contribution is -1.93. The maximum atomic E-state index is 10.7. The normalized spacial score (nSPS) is 10.3. The number of hydrogen-bond donors (Lipinski definition) is 2. The molecule has 0 spiro atoms. The van der Waals surface area contributed by atoms with Crippen LogP contribution >= 0.6 is 11.3 Å². The lowest BCUT2D eigenvalue weighted by atomic mass is 10.3. The van der Waals surface area contributed by atoms with Gasteiger partial charge in [-0.3, -0.25) is 9.89 Å². The summed E-state index contributed by atoms with van der Waals surface area (Å²) in [5.74, 6) is 0. The number of thiophene rings is 1. The van der Waals surface area contributed by atoms with Crippen molar-refractivity contribution in [2.24, 2.45) is 0 Å². The molecule has 2 heterocycles. The van der Waals surface area contributed by atoms with E-state index in [1.165, 1.54) is 4.88 Å². The summed E-state index contributed by atoms with van der Waals surface area (Å²) < 4.78 is 0. The van der Waals surface area contributed by atoms with Gasteiger partial charge in [0.2, 0.25) is 0 Å². The summed E-state index contributed by atoms with van der Waals surface area (Å²) in [4.78, 5) is 12.0. The molecule has 0 amide bonds. The second kappa shape index (κ2) is 2.98.